The number of ketones is 1. The third kappa shape index (κ3) is 27.4. The van der Waals surface area contributed by atoms with Gasteiger partial charge in [0.2, 0.25) is 59.1 Å². The van der Waals surface area contributed by atoms with Crippen molar-refractivity contribution >= 4 is 64.9 Å². The lowest BCUT2D eigenvalue weighted by Gasteiger charge is -2.34. The third-order valence-corrected chi connectivity index (χ3v) is 15.1. The van der Waals surface area contributed by atoms with E-state index in [1.165, 1.54) is 52.5 Å². The minimum atomic E-state index is -1.82. The highest BCUT2D eigenvalue weighted by Crippen LogP contribution is 2.25. The minimum absolute atomic E-state index is 0.00837. The smallest absolute Gasteiger partial charge is 0.246 e. The third-order valence-electron chi connectivity index (χ3n) is 15.1. The average Bonchev–Trinajstić information content (AvgIpc) is 3.94. The number of carbonyl (C=O) groups is 11. The molecule has 1 heterocycles. The molecule has 0 aromatic carbocycles. The van der Waals surface area contributed by atoms with Crippen molar-refractivity contribution in [1.29, 1.82) is 0 Å². The van der Waals surface area contributed by atoms with Crippen molar-refractivity contribution < 1.29 is 63.0 Å². The van der Waals surface area contributed by atoms with Crippen molar-refractivity contribution in [3.8, 4) is 0 Å². The van der Waals surface area contributed by atoms with Crippen LogP contribution in [0.4, 0.5) is 0 Å². The molecule has 1 rings (SSSR count). The Hall–Kier alpha value is -6.01. The van der Waals surface area contributed by atoms with E-state index < -0.39 is 118 Å². The number of hydrogen-bond acceptors (Lipinski definition) is 14. The van der Waals surface area contributed by atoms with Crippen molar-refractivity contribution in [1.82, 2.24) is 57.7 Å². The fraction of sp³-hybridized carbons (Fsp3) is 0.790. The second-order valence-corrected chi connectivity index (χ2v) is 27.1. The Morgan fingerprint density at radius 2 is 1.15 bits per heavy atom. The number of allylic oxidation sites excluding steroid dienone is 1. The molecule has 0 saturated carbocycles. The summed E-state index contributed by atoms with van der Waals surface area (Å²) in [6.07, 6.45) is 2.07. The van der Waals surface area contributed by atoms with Crippen LogP contribution in [0.3, 0.4) is 0 Å². The van der Waals surface area contributed by atoms with Crippen LogP contribution in [0.25, 0.3) is 0 Å². The van der Waals surface area contributed by atoms with Crippen LogP contribution in [-0.2, 0) is 52.7 Å². The highest BCUT2D eigenvalue weighted by molar-refractivity contribution is 6.00. The molecule has 1 fully saturated rings. The summed E-state index contributed by atoms with van der Waals surface area (Å²) in [5.41, 5.74) is -4.93. The minimum Gasteiger partial charge on any atom is -0.393 e. The molecule has 0 aliphatic carbocycles. The molecule has 0 aromatic heterocycles. The summed E-state index contributed by atoms with van der Waals surface area (Å²) < 4.78 is 0. The zero-order chi connectivity index (χ0) is 66.4. The van der Waals surface area contributed by atoms with Gasteiger partial charge in [-0.15, -0.1) is 0 Å². The molecule has 11 N–H and O–H groups in total. The number of likely N-dealkylation sites (N-methyl/N-ethyl adjacent to an activating group) is 1. The number of aliphatic hydroxyl groups is 2. The summed E-state index contributed by atoms with van der Waals surface area (Å²) >= 11 is 0. The zero-order valence-electron chi connectivity index (χ0n) is 55.5. The van der Waals surface area contributed by atoms with Crippen molar-refractivity contribution in [3.63, 3.8) is 0 Å². The second kappa shape index (κ2) is 35.7. The second-order valence-electron chi connectivity index (χ2n) is 27.1. The van der Waals surface area contributed by atoms with Gasteiger partial charge in [0.1, 0.15) is 52.6 Å². The van der Waals surface area contributed by atoms with E-state index in [4.69, 9.17) is 0 Å². The Labute approximate surface area is 512 Å². The van der Waals surface area contributed by atoms with Gasteiger partial charge in [0, 0.05) is 44.9 Å². The molecule has 0 radical (unpaired) electrons. The first-order valence-electron chi connectivity index (χ1n) is 30.8. The van der Waals surface area contributed by atoms with Gasteiger partial charge >= 0.3 is 0 Å². The van der Waals surface area contributed by atoms with Gasteiger partial charge in [-0.1, -0.05) is 88.7 Å². The van der Waals surface area contributed by atoms with Crippen LogP contribution in [0, 0.1) is 35.5 Å². The molecular formula is C62H111N11O13. The summed E-state index contributed by atoms with van der Waals surface area (Å²) in [5.74, 6) is -8.25. The van der Waals surface area contributed by atoms with Gasteiger partial charge in [0.05, 0.1) is 12.2 Å². The van der Waals surface area contributed by atoms with E-state index in [1.54, 1.807) is 33.8 Å². The van der Waals surface area contributed by atoms with Crippen LogP contribution < -0.4 is 47.9 Å². The number of nitrogens with one attached hydrogen (secondary N) is 9. The van der Waals surface area contributed by atoms with Gasteiger partial charge in [-0.25, -0.2) is 0 Å². The molecule has 0 bridgehead atoms. The van der Waals surface area contributed by atoms with E-state index in [0.717, 1.165) is 6.42 Å². The molecule has 1 aliphatic rings. The van der Waals surface area contributed by atoms with E-state index >= 15 is 0 Å². The standard InChI is InChI=1S/C62H111N11O13/c1-21-38(9)23-24-49(77)73-33-40(11)31-47(73)55(82)66-46(30-39(10)29-43(75)32-42(74)22-2)53(80)68-50(51(78)37(7)8)56(83)70-61(15,16)58(85)67-44(27-35(3)4)52(79)65-45(28-36(5)6)54(81)69-62(17,18)59(86)71-60(13,14)57(84)63-26-25-48(76)64-41(12)34-72(19)20/h23-24,35-41,43-47,50-51,75,78H,21-22,25-34H2,1-20H3,(H,63,84)(H,64,76)(H,65,79)(H,66,82)(H,67,85)(H,68,80)(H,69,81)(H,70,83)(H,71,86)/b24-23+/t38-,39-,40+,41+,43?,44+,45+,46+,47+,50+,51-/m1/s1. The number of carbonyl (C=O) groups excluding carboxylic acids is 11. The van der Waals surface area contributed by atoms with Crippen LogP contribution in [0.15, 0.2) is 12.2 Å². The van der Waals surface area contributed by atoms with Gasteiger partial charge in [0.15, 0.2) is 0 Å². The first kappa shape index (κ1) is 78.0. The van der Waals surface area contributed by atoms with Crippen molar-refractivity contribution in [2.45, 2.75) is 247 Å². The van der Waals surface area contributed by atoms with Gasteiger partial charge in [0.25, 0.3) is 0 Å². The van der Waals surface area contributed by atoms with E-state index in [1.807, 2.05) is 74.4 Å². The Balaban J connectivity index is 3.44. The molecule has 0 aromatic rings. The summed E-state index contributed by atoms with van der Waals surface area (Å²) in [4.78, 5) is 154. The average molecular weight is 1220 g/mol. The van der Waals surface area contributed by atoms with Gasteiger partial charge < -0.3 is 67.9 Å². The fourth-order valence-electron chi connectivity index (χ4n) is 9.77. The number of hydrogen-bond donors (Lipinski definition) is 11. The highest BCUT2D eigenvalue weighted by Gasteiger charge is 2.43. The van der Waals surface area contributed by atoms with Crippen molar-refractivity contribution in [2.24, 2.45) is 35.5 Å². The number of aliphatic hydroxyl groups excluding tert-OH is 2. The van der Waals surface area contributed by atoms with Gasteiger partial charge in [-0.2, -0.15) is 0 Å². The summed E-state index contributed by atoms with van der Waals surface area (Å²) in [5, 5.41) is 46.7. The number of amides is 10. The lowest BCUT2D eigenvalue weighted by Crippen LogP contribution is -2.66. The molecule has 10 amide bonds. The molecule has 0 spiro atoms. The predicted molar refractivity (Wildman–Crippen MR) is 330 cm³/mol. The van der Waals surface area contributed by atoms with Crippen LogP contribution >= 0.6 is 0 Å². The Kier molecular flexibility index (Phi) is 32.4. The molecule has 24 nitrogen and oxygen atoms in total. The normalized spacial score (nSPS) is 18.0. The molecule has 492 valence electrons. The number of likely N-dealkylation sites (tertiary alicyclic amines) is 1. The van der Waals surface area contributed by atoms with E-state index in [0.29, 0.717) is 19.5 Å². The summed E-state index contributed by atoms with van der Waals surface area (Å²) in [6.45, 7) is 31.1. The lowest BCUT2D eigenvalue weighted by atomic mass is 9.92. The SMILES string of the molecule is CCC(=O)CC(O)C[C@@H](C)C[C@H](NC(=O)[C@@H]1C[C@H](C)CN1C(=O)/C=C/[C@H](C)CC)C(=O)N[C@H](C(=O)NC(C)(C)C(=O)N[C@@H](CC(C)C)C(=O)N[C@@H](CC(C)C)C(=O)NC(C)(C)C(=O)NC(C)(C)C(=O)NCCC(=O)N[C@@H](C)CN(C)C)[C@H](O)C(C)C. The maximum Gasteiger partial charge on any atom is 0.246 e. The first-order chi connectivity index (χ1) is 39.6. The number of rotatable bonds is 37. The quantitative estimate of drug-likeness (QED) is 0.0398. The fourth-order valence-corrected chi connectivity index (χ4v) is 9.77. The summed E-state index contributed by atoms with van der Waals surface area (Å²) in [7, 11) is 3.77. The maximum atomic E-state index is 14.6. The Bertz CT molecular complexity index is 2340. The molecule has 1 unspecified atom stereocenters. The lowest BCUT2D eigenvalue weighted by molar-refractivity contribution is -0.140. The Morgan fingerprint density at radius 1 is 0.628 bits per heavy atom. The van der Waals surface area contributed by atoms with Gasteiger partial charge in [-0.3, -0.25) is 52.7 Å². The van der Waals surface area contributed by atoms with Gasteiger partial charge in [-0.05, 0) is 136 Å². The molecule has 24 heteroatoms. The van der Waals surface area contributed by atoms with E-state index in [2.05, 4.69) is 47.9 Å². The predicted octanol–water partition coefficient (Wildman–Crippen LogP) is 2.28. The number of nitrogens with zero attached hydrogens (tertiary/aromatic N) is 2. The molecule has 1 aliphatic heterocycles. The van der Waals surface area contributed by atoms with Crippen LogP contribution in [0.1, 0.15) is 182 Å². The number of Topliss-reactive ketones (excluding diaryl/α,β-unsaturated/α-hetero) is 1. The zero-order valence-corrected chi connectivity index (χ0v) is 55.5. The molecular weight excluding hydrogens is 1110 g/mol. The van der Waals surface area contributed by atoms with E-state index in [9.17, 15) is 63.0 Å². The highest BCUT2D eigenvalue weighted by atomic mass is 16.3. The largest absolute Gasteiger partial charge is 0.393 e. The monoisotopic (exact) mass is 1220 g/mol. The maximum absolute atomic E-state index is 14.6. The molecule has 1 saturated heterocycles. The molecule has 11 atom stereocenters. The first-order valence-corrected chi connectivity index (χ1v) is 30.8. The topological polar surface area (TPSA) is 343 Å². The van der Waals surface area contributed by atoms with E-state index in [-0.39, 0.29) is 98.8 Å². The Morgan fingerprint density at radius 3 is 1.69 bits per heavy atom. The van der Waals surface area contributed by atoms with Crippen LogP contribution in [0.5, 0.6) is 0 Å². The summed E-state index contributed by atoms with van der Waals surface area (Å²) in [6, 6.07) is -6.61. The van der Waals surface area contributed by atoms with Crippen LogP contribution in [-0.4, -0.2) is 184 Å². The van der Waals surface area contributed by atoms with Crippen molar-refractivity contribution in [3.05, 3.63) is 12.2 Å². The molecule has 86 heavy (non-hydrogen) atoms. The van der Waals surface area contributed by atoms with Crippen LogP contribution in [0.2, 0.25) is 0 Å². The van der Waals surface area contributed by atoms with Crippen molar-refractivity contribution in [2.75, 3.05) is 33.7 Å².